The number of carbonyl (C=O) groups is 1. The molecule has 0 spiro atoms. The molecule has 1 aliphatic heterocycles. The Labute approximate surface area is 173 Å². The molecule has 1 fully saturated rings. The van der Waals surface area contributed by atoms with Gasteiger partial charge in [-0.15, -0.1) is 0 Å². The van der Waals surface area contributed by atoms with Gasteiger partial charge >= 0.3 is 0 Å². The van der Waals surface area contributed by atoms with Crippen LogP contribution >= 0.6 is 0 Å². The number of sulfonamides is 1. The molecule has 5 nitrogen and oxygen atoms in total. The Morgan fingerprint density at radius 1 is 0.897 bits per heavy atom. The number of hydrogen-bond donors (Lipinski definition) is 0. The summed E-state index contributed by atoms with van der Waals surface area (Å²) < 4.78 is 26.8. The van der Waals surface area contributed by atoms with E-state index in [1.807, 2.05) is 18.2 Å². The molecule has 0 atom stereocenters. The molecule has 0 saturated carbocycles. The van der Waals surface area contributed by atoms with Crippen LogP contribution in [0, 0.1) is 0 Å². The summed E-state index contributed by atoms with van der Waals surface area (Å²) in [5, 5.41) is 0. The number of amides is 1. The minimum absolute atomic E-state index is 0.0951. The predicted octanol–water partition coefficient (Wildman–Crippen LogP) is 3.53. The fourth-order valence-corrected chi connectivity index (χ4v) is 4.70. The summed E-state index contributed by atoms with van der Waals surface area (Å²) in [4.78, 5) is 14.5. The van der Waals surface area contributed by atoms with Crippen LogP contribution in [-0.4, -0.2) is 49.7 Å². The zero-order valence-corrected chi connectivity index (χ0v) is 18.0. The highest BCUT2D eigenvalue weighted by molar-refractivity contribution is 7.89. The second-order valence-corrected chi connectivity index (χ2v) is 10.2. The molecular formula is C23H28N2O3S. The second-order valence-electron chi connectivity index (χ2n) is 8.25. The number of rotatable bonds is 4. The average Bonchev–Trinajstić information content (AvgIpc) is 2.72. The summed E-state index contributed by atoms with van der Waals surface area (Å²) in [6.07, 6.45) is 3.37. The van der Waals surface area contributed by atoms with Crippen molar-refractivity contribution < 1.29 is 13.2 Å². The molecule has 0 aromatic heterocycles. The van der Waals surface area contributed by atoms with E-state index in [1.54, 1.807) is 41.3 Å². The largest absolute Gasteiger partial charge is 0.337 e. The normalized spacial score (nSPS) is 16.3. The van der Waals surface area contributed by atoms with Crippen molar-refractivity contribution >= 4 is 22.0 Å². The van der Waals surface area contributed by atoms with Crippen molar-refractivity contribution in [1.82, 2.24) is 9.21 Å². The lowest BCUT2D eigenvalue weighted by atomic mass is 9.87. The predicted molar refractivity (Wildman–Crippen MR) is 116 cm³/mol. The number of piperazine rings is 1. The minimum Gasteiger partial charge on any atom is -0.337 e. The zero-order chi connectivity index (χ0) is 21.1. The van der Waals surface area contributed by atoms with E-state index in [0.717, 1.165) is 5.56 Å². The van der Waals surface area contributed by atoms with Crippen molar-refractivity contribution in [2.24, 2.45) is 0 Å². The van der Waals surface area contributed by atoms with E-state index in [-0.39, 0.29) is 11.3 Å². The van der Waals surface area contributed by atoms with Crippen LogP contribution in [0.25, 0.3) is 6.08 Å². The average molecular weight is 413 g/mol. The molecular weight excluding hydrogens is 384 g/mol. The van der Waals surface area contributed by atoms with E-state index in [1.165, 1.54) is 9.87 Å². The van der Waals surface area contributed by atoms with Crippen LogP contribution in [0.5, 0.6) is 0 Å². The van der Waals surface area contributed by atoms with Crippen LogP contribution in [0.3, 0.4) is 0 Å². The molecule has 1 aliphatic rings. The lowest BCUT2D eigenvalue weighted by Crippen LogP contribution is -2.50. The van der Waals surface area contributed by atoms with Crippen LogP contribution in [-0.2, 0) is 20.2 Å². The van der Waals surface area contributed by atoms with Crippen molar-refractivity contribution in [3.8, 4) is 0 Å². The second kappa shape index (κ2) is 8.51. The van der Waals surface area contributed by atoms with E-state index in [4.69, 9.17) is 0 Å². The van der Waals surface area contributed by atoms with Gasteiger partial charge in [-0.1, -0.05) is 63.2 Å². The van der Waals surface area contributed by atoms with Gasteiger partial charge in [0.2, 0.25) is 15.9 Å². The van der Waals surface area contributed by atoms with E-state index >= 15 is 0 Å². The summed E-state index contributed by atoms with van der Waals surface area (Å²) in [5.74, 6) is -0.0957. The molecule has 6 heteroatoms. The summed E-state index contributed by atoms with van der Waals surface area (Å²) in [5.41, 5.74) is 2.31. The number of nitrogens with zero attached hydrogens (tertiary/aromatic N) is 2. The van der Waals surface area contributed by atoms with Crippen LogP contribution in [0.1, 0.15) is 31.9 Å². The summed E-state index contributed by atoms with van der Waals surface area (Å²) in [6, 6.07) is 16.6. The molecule has 1 saturated heterocycles. The smallest absolute Gasteiger partial charge is 0.246 e. The van der Waals surface area contributed by atoms with Gasteiger partial charge in [0, 0.05) is 32.3 Å². The Bertz CT molecular complexity index is 967. The maximum Gasteiger partial charge on any atom is 0.246 e. The Morgan fingerprint density at radius 3 is 2.03 bits per heavy atom. The van der Waals surface area contributed by atoms with Crippen molar-refractivity contribution in [3.05, 3.63) is 71.8 Å². The van der Waals surface area contributed by atoms with Crippen LogP contribution in [0.2, 0.25) is 0 Å². The Hall–Kier alpha value is -2.44. The van der Waals surface area contributed by atoms with Gasteiger partial charge < -0.3 is 4.90 Å². The first kappa shape index (κ1) is 21.3. The number of hydrogen-bond acceptors (Lipinski definition) is 3. The molecule has 0 unspecified atom stereocenters. The van der Waals surface area contributed by atoms with Crippen molar-refractivity contribution in [2.75, 3.05) is 26.2 Å². The summed E-state index contributed by atoms with van der Waals surface area (Å²) >= 11 is 0. The van der Waals surface area contributed by atoms with Gasteiger partial charge in [0.05, 0.1) is 4.90 Å². The molecule has 1 heterocycles. The first-order chi connectivity index (χ1) is 13.7. The van der Waals surface area contributed by atoms with Crippen molar-refractivity contribution in [3.63, 3.8) is 0 Å². The lowest BCUT2D eigenvalue weighted by Gasteiger charge is -2.33. The quantitative estimate of drug-likeness (QED) is 0.722. The van der Waals surface area contributed by atoms with Crippen LogP contribution < -0.4 is 0 Å². The summed E-state index contributed by atoms with van der Waals surface area (Å²) in [7, 11) is -3.51. The molecule has 0 N–H and O–H groups in total. The molecule has 154 valence electrons. The molecule has 0 radical (unpaired) electrons. The fourth-order valence-electron chi connectivity index (χ4n) is 3.26. The third kappa shape index (κ3) is 5.14. The maximum absolute atomic E-state index is 12.7. The van der Waals surface area contributed by atoms with E-state index in [2.05, 4.69) is 32.9 Å². The molecule has 3 rings (SSSR count). The molecule has 29 heavy (non-hydrogen) atoms. The van der Waals surface area contributed by atoms with Crippen molar-refractivity contribution in [1.29, 1.82) is 0 Å². The van der Waals surface area contributed by atoms with E-state index < -0.39 is 10.0 Å². The highest BCUT2D eigenvalue weighted by Crippen LogP contribution is 2.22. The fraction of sp³-hybridized carbons (Fsp3) is 0.348. The Kier molecular flexibility index (Phi) is 6.24. The first-order valence-corrected chi connectivity index (χ1v) is 11.2. The van der Waals surface area contributed by atoms with Gasteiger partial charge in [-0.3, -0.25) is 4.79 Å². The highest BCUT2D eigenvalue weighted by atomic mass is 32.2. The lowest BCUT2D eigenvalue weighted by molar-refractivity contribution is -0.127. The van der Waals surface area contributed by atoms with Crippen LogP contribution in [0.15, 0.2) is 65.6 Å². The number of benzene rings is 2. The van der Waals surface area contributed by atoms with Gasteiger partial charge in [0.25, 0.3) is 0 Å². The third-order valence-electron chi connectivity index (χ3n) is 5.13. The molecule has 2 aromatic rings. The highest BCUT2D eigenvalue weighted by Gasteiger charge is 2.29. The zero-order valence-electron chi connectivity index (χ0n) is 17.2. The molecule has 2 aromatic carbocycles. The van der Waals surface area contributed by atoms with Gasteiger partial charge in [-0.25, -0.2) is 8.42 Å². The standard InChI is InChI=1S/C23H28N2O3S/c1-23(2,3)20-12-9-19(10-13-20)11-14-22(26)24-15-17-25(18-16-24)29(27,28)21-7-5-4-6-8-21/h4-14H,15-18H2,1-3H3/b14-11+. The van der Waals surface area contributed by atoms with E-state index in [9.17, 15) is 13.2 Å². The maximum atomic E-state index is 12.7. The topological polar surface area (TPSA) is 57.7 Å². The Balaban J connectivity index is 1.58. The first-order valence-electron chi connectivity index (χ1n) is 9.81. The molecule has 0 aliphatic carbocycles. The number of carbonyl (C=O) groups excluding carboxylic acids is 1. The minimum atomic E-state index is -3.51. The molecule has 1 amide bonds. The Morgan fingerprint density at radius 2 is 1.48 bits per heavy atom. The van der Waals surface area contributed by atoms with E-state index in [0.29, 0.717) is 31.1 Å². The summed E-state index contributed by atoms with van der Waals surface area (Å²) in [6.45, 7) is 7.88. The van der Waals surface area contributed by atoms with Crippen molar-refractivity contribution in [2.45, 2.75) is 31.1 Å². The monoisotopic (exact) mass is 412 g/mol. The van der Waals surface area contributed by atoms with Gasteiger partial charge in [0.1, 0.15) is 0 Å². The SMILES string of the molecule is CC(C)(C)c1ccc(/C=C/C(=O)N2CCN(S(=O)(=O)c3ccccc3)CC2)cc1. The van der Waals surface area contributed by atoms with Gasteiger partial charge in [-0.05, 0) is 34.8 Å². The van der Waals surface area contributed by atoms with Gasteiger partial charge in [0.15, 0.2) is 0 Å². The van der Waals surface area contributed by atoms with Crippen LogP contribution in [0.4, 0.5) is 0 Å². The third-order valence-corrected chi connectivity index (χ3v) is 7.04. The molecule has 0 bridgehead atoms. The van der Waals surface area contributed by atoms with Gasteiger partial charge in [-0.2, -0.15) is 4.31 Å².